The number of halogens is 2. The van der Waals surface area contributed by atoms with Crippen LogP contribution in [0.25, 0.3) is 0 Å². The van der Waals surface area contributed by atoms with Crippen LogP contribution < -0.4 is 5.43 Å². The van der Waals surface area contributed by atoms with Crippen LogP contribution in [0.4, 0.5) is 5.69 Å². The molecule has 0 atom stereocenters. The Labute approximate surface area is 120 Å². The van der Waals surface area contributed by atoms with E-state index in [4.69, 9.17) is 23.2 Å². The molecule has 1 aromatic carbocycles. The highest BCUT2D eigenvalue weighted by Gasteiger charge is 2.02. The lowest BCUT2D eigenvalue weighted by Crippen LogP contribution is -1.98. The van der Waals surface area contributed by atoms with Gasteiger partial charge in [-0.25, -0.2) is 0 Å². The Morgan fingerprint density at radius 2 is 2.00 bits per heavy atom. The molecule has 0 bridgehead atoms. The van der Waals surface area contributed by atoms with E-state index >= 15 is 0 Å². The molecule has 0 amide bonds. The molecule has 0 fully saturated rings. The number of anilines is 1. The number of aryl methyl sites for hydroxylation is 1. The van der Waals surface area contributed by atoms with Crippen LogP contribution in [0.5, 0.6) is 0 Å². The van der Waals surface area contributed by atoms with Gasteiger partial charge in [-0.1, -0.05) is 23.2 Å². The first-order valence-electron chi connectivity index (χ1n) is 5.38. The summed E-state index contributed by atoms with van der Waals surface area (Å²) in [6.07, 6.45) is 0. The van der Waals surface area contributed by atoms with Gasteiger partial charge in [-0.3, -0.25) is 5.43 Å². The number of benzene rings is 1. The minimum Gasteiger partial charge on any atom is -0.278 e. The van der Waals surface area contributed by atoms with Crippen LogP contribution in [0.3, 0.4) is 0 Å². The van der Waals surface area contributed by atoms with Gasteiger partial charge in [0.15, 0.2) is 0 Å². The summed E-state index contributed by atoms with van der Waals surface area (Å²) in [6, 6.07) is 9.48. The minimum atomic E-state index is 0.726. The maximum Gasteiger partial charge on any atom is 0.0935 e. The standard InChI is InChI=1S/C13H12Cl2N2S/c1-8-7-10(14)3-4-11(8)17-16-9(2)12-5-6-13(15)18-12/h3-7,17H,1-2H3/b16-9+. The van der Waals surface area contributed by atoms with Crippen molar-refractivity contribution in [2.75, 3.05) is 5.43 Å². The van der Waals surface area contributed by atoms with Gasteiger partial charge in [0.25, 0.3) is 0 Å². The predicted octanol–water partition coefficient (Wildman–Crippen LogP) is 5.20. The van der Waals surface area contributed by atoms with Crippen LogP contribution in [0.2, 0.25) is 9.36 Å². The molecular weight excluding hydrogens is 287 g/mol. The Morgan fingerprint density at radius 3 is 2.61 bits per heavy atom. The summed E-state index contributed by atoms with van der Waals surface area (Å²) in [6.45, 7) is 3.93. The summed E-state index contributed by atoms with van der Waals surface area (Å²) < 4.78 is 0.766. The van der Waals surface area contributed by atoms with Crippen LogP contribution in [0.15, 0.2) is 35.4 Å². The van der Waals surface area contributed by atoms with E-state index in [0.29, 0.717) is 0 Å². The van der Waals surface area contributed by atoms with Crippen molar-refractivity contribution < 1.29 is 0 Å². The summed E-state index contributed by atoms with van der Waals surface area (Å²) in [5.74, 6) is 0. The van der Waals surface area contributed by atoms with E-state index in [2.05, 4.69) is 10.5 Å². The maximum absolute atomic E-state index is 5.90. The van der Waals surface area contributed by atoms with Crippen molar-refractivity contribution in [3.63, 3.8) is 0 Å². The zero-order chi connectivity index (χ0) is 13.1. The van der Waals surface area contributed by atoms with E-state index in [9.17, 15) is 0 Å². The molecule has 2 rings (SSSR count). The van der Waals surface area contributed by atoms with E-state index in [-0.39, 0.29) is 0 Å². The topological polar surface area (TPSA) is 24.4 Å². The molecule has 0 saturated carbocycles. The Hall–Kier alpha value is -1.03. The third-order valence-electron chi connectivity index (χ3n) is 2.46. The molecule has 0 aliphatic heterocycles. The molecule has 0 aliphatic carbocycles. The van der Waals surface area contributed by atoms with E-state index in [0.717, 1.165) is 31.2 Å². The fourth-order valence-corrected chi connectivity index (χ4v) is 2.68. The second-order valence-electron chi connectivity index (χ2n) is 3.87. The van der Waals surface area contributed by atoms with Gasteiger partial charge in [0, 0.05) is 5.02 Å². The second-order valence-corrected chi connectivity index (χ2v) is 6.02. The number of hydrogen-bond donors (Lipinski definition) is 1. The van der Waals surface area contributed by atoms with E-state index in [1.807, 2.05) is 44.2 Å². The molecule has 2 nitrogen and oxygen atoms in total. The Morgan fingerprint density at radius 1 is 1.22 bits per heavy atom. The molecule has 94 valence electrons. The van der Waals surface area contributed by atoms with Crippen molar-refractivity contribution in [3.8, 4) is 0 Å². The van der Waals surface area contributed by atoms with Crippen LogP contribution in [0.1, 0.15) is 17.4 Å². The van der Waals surface area contributed by atoms with Gasteiger partial charge in [0.05, 0.1) is 20.6 Å². The zero-order valence-corrected chi connectivity index (χ0v) is 12.3. The van der Waals surface area contributed by atoms with Gasteiger partial charge in [-0.05, 0) is 49.7 Å². The minimum absolute atomic E-state index is 0.726. The number of nitrogens with zero attached hydrogens (tertiary/aromatic N) is 1. The van der Waals surface area contributed by atoms with Gasteiger partial charge in [0.1, 0.15) is 0 Å². The smallest absolute Gasteiger partial charge is 0.0935 e. The average molecular weight is 299 g/mol. The number of thiophene rings is 1. The van der Waals surface area contributed by atoms with Gasteiger partial charge >= 0.3 is 0 Å². The Bertz CT molecular complexity index is 590. The summed E-state index contributed by atoms with van der Waals surface area (Å²) in [7, 11) is 0. The molecule has 0 saturated heterocycles. The number of hydrazone groups is 1. The molecule has 0 unspecified atom stereocenters. The largest absolute Gasteiger partial charge is 0.278 e. The zero-order valence-electron chi connectivity index (χ0n) is 10.00. The lowest BCUT2D eigenvalue weighted by atomic mass is 10.2. The van der Waals surface area contributed by atoms with E-state index < -0.39 is 0 Å². The van der Waals surface area contributed by atoms with Crippen LogP contribution in [-0.4, -0.2) is 5.71 Å². The van der Waals surface area contributed by atoms with Crippen molar-refractivity contribution >= 4 is 45.9 Å². The van der Waals surface area contributed by atoms with Gasteiger partial charge in [-0.15, -0.1) is 11.3 Å². The molecule has 0 radical (unpaired) electrons. The molecular formula is C13H12Cl2N2S. The lowest BCUT2D eigenvalue weighted by molar-refractivity contribution is 1.29. The van der Waals surface area contributed by atoms with Crippen molar-refractivity contribution in [2.24, 2.45) is 5.10 Å². The second kappa shape index (κ2) is 5.74. The van der Waals surface area contributed by atoms with Crippen LogP contribution >= 0.6 is 34.5 Å². The predicted molar refractivity (Wildman–Crippen MR) is 81.4 cm³/mol. The molecule has 5 heteroatoms. The highest BCUT2D eigenvalue weighted by atomic mass is 35.5. The molecule has 2 aromatic rings. The van der Waals surface area contributed by atoms with Crippen LogP contribution in [0, 0.1) is 6.92 Å². The highest BCUT2D eigenvalue weighted by Crippen LogP contribution is 2.23. The summed E-state index contributed by atoms with van der Waals surface area (Å²) >= 11 is 13.3. The highest BCUT2D eigenvalue weighted by molar-refractivity contribution is 7.18. The SMILES string of the molecule is C/C(=N\Nc1ccc(Cl)cc1C)c1ccc(Cl)s1. The molecule has 1 heterocycles. The molecule has 1 N–H and O–H groups in total. The van der Waals surface area contributed by atoms with Crippen molar-refractivity contribution in [1.29, 1.82) is 0 Å². The van der Waals surface area contributed by atoms with Crippen molar-refractivity contribution in [3.05, 3.63) is 50.1 Å². The number of nitrogens with one attached hydrogen (secondary N) is 1. The lowest BCUT2D eigenvalue weighted by Gasteiger charge is -2.06. The third-order valence-corrected chi connectivity index (χ3v) is 4.04. The third kappa shape index (κ3) is 3.25. The van der Waals surface area contributed by atoms with Crippen molar-refractivity contribution in [1.82, 2.24) is 0 Å². The van der Waals surface area contributed by atoms with E-state index in [1.165, 1.54) is 11.3 Å². The molecule has 0 aliphatic rings. The fourth-order valence-electron chi connectivity index (χ4n) is 1.46. The van der Waals surface area contributed by atoms with Gasteiger partial charge < -0.3 is 0 Å². The van der Waals surface area contributed by atoms with Crippen LogP contribution in [-0.2, 0) is 0 Å². The fraction of sp³-hybridized carbons (Fsp3) is 0.154. The van der Waals surface area contributed by atoms with Crippen molar-refractivity contribution in [2.45, 2.75) is 13.8 Å². The monoisotopic (exact) mass is 298 g/mol. The van der Waals surface area contributed by atoms with E-state index in [1.54, 1.807) is 0 Å². The first-order chi connectivity index (χ1) is 8.56. The summed E-state index contributed by atoms with van der Waals surface area (Å²) in [5, 5.41) is 5.07. The number of hydrogen-bond acceptors (Lipinski definition) is 3. The summed E-state index contributed by atoms with van der Waals surface area (Å²) in [5.41, 5.74) is 5.95. The summed E-state index contributed by atoms with van der Waals surface area (Å²) in [4.78, 5) is 1.05. The first-order valence-corrected chi connectivity index (χ1v) is 6.95. The Kier molecular flexibility index (Phi) is 4.27. The molecule has 0 spiro atoms. The first kappa shape index (κ1) is 13.4. The van der Waals surface area contributed by atoms with Gasteiger partial charge in [-0.2, -0.15) is 5.10 Å². The Balaban J connectivity index is 2.15. The molecule has 18 heavy (non-hydrogen) atoms. The maximum atomic E-state index is 5.90. The number of rotatable bonds is 3. The average Bonchev–Trinajstić information content (AvgIpc) is 2.74. The molecule has 1 aromatic heterocycles. The quantitative estimate of drug-likeness (QED) is 0.611. The normalized spacial score (nSPS) is 11.7. The van der Waals surface area contributed by atoms with Gasteiger partial charge in [0.2, 0.25) is 0 Å².